The van der Waals surface area contributed by atoms with Crippen LogP contribution in [0.4, 0.5) is 0 Å². The Morgan fingerprint density at radius 3 is 2.54 bits per heavy atom. The van der Waals surface area contributed by atoms with Gasteiger partial charge in [-0.25, -0.2) is 4.99 Å². The fourth-order valence-corrected chi connectivity index (χ4v) is 2.22. The van der Waals surface area contributed by atoms with E-state index in [1.807, 2.05) is 25.1 Å². The average Bonchev–Trinajstić information content (AvgIpc) is 2.57. The van der Waals surface area contributed by atoms with Gasteiger partial charge in [0.25, 0.3) is 0 Å². The van der Waals surface area contributed by atoms with E-state index in [1.165, 1.54) is 6.42 Å². The lowest BCUT2D eigenvalue weighted by atomic mass is 10.2. The second-order valence-electron chi connectivity index (χ2n) is 5.36. The van der Waals surface area contributed by atoms with E-state index >= 15 is 0 Å². The zero-order valence-electron chi connectivity index (χ0n) is 15.6. The summed E-state index contributed by atoms with van der Waals surface area (Å²) in [4.78, 5) is 6.91. The lowest BCUT2D eigenvalue weighted by Gasteiger charge is -2.21. The van der Waals surface area contributed by atoms with Gasteiger partial charge in [0.1, 0.15) is 0 Å². The van der Waals surface area contributed by atoms with Crippen molar-refractivity contribution < 1.29 is 9.47 Å². The van der Waals surface area contributed by atoms with Crippen molar-refractivity contribution in [2.45, 2.75) is 40.2 Å². The molecule has 0 atom stereocenters. The largest absolute Gasteiger partial charge is 0.493 e. The van der Waals surface area contributed by atoms with Gasteiger partial charge in [-0.3, -0.25) is 0 Å². The van der Waals surface area contributed by atoms with Gasteiger partial charge in [0.15, 0.2) is 17.5 Å². The van der Waals surface area contributed by atoms with Crippen LogP contribution in [0.15, 0.2) is 23.2 Å². The molecule has 1 N–H and O–H groups in total. The Labute approximate surface area is 163 Å². The summed E-state index contributed by atoms with van der Waals surface area (Å²) in [6.45, 7) is 9.36. The summed E-state index contributed by atoms with van der Waals surface area (Å²) in [5, 5.41) is 3.34. The van der Waals surface area contributed by atoms with Crippen LogP contribution in [-0.4, -0.2) is 44.7 Å². The molecule has 0 unspecified atom stereocenters. The number of benzene rings is 1. The number of halogens is 1. The Morgan fingerprint density at radius 2 is 1.96 bits per heavy atom. The van der Waals surface area contributed by atoms with E-state index in [1.54, 1.807) is 7.11 Å². The lowest BCUT2D eigenvalue weighted by molar-refractivity contribution is 0.310. The first-order valence-corrected chi connectivity index (χ1v) is 8.45. The SMILES string of the molecule is CCCCN(C)C(=NCc1ccc(OC)c(OCC)c1)NCC.I. The van der Waals surface area contributed by atoms with Crippen molar-refractivity contribution in [1.29, 1.82) is 0 Å². The van der Waals surface area contributed by atoms with E-state index in [-0.39, 0.29) is 24.0 Å². The van der Waals surface area contributed by atoms with Gasteiger partial charge in [0.2, 0.25) is 0 Å². The number of ether oxygens (including phenoxy) is 2. The topological polar surface area (TPSA) is 46.1 Å². The number of hydrogen-bond donors (Lipinski definition) is 1. The van der Waals surface area contributed by atoms with Crippen LogP contribution in [0.1, 0.15) is 39.2 Å². The highest BCUT2D eigenvalue weighted by molar-refractivity contribution is 14.0. The van der Waals surface area contributed by atoms with Crippen molar-refractivity contribution in [3.05, 3.63) is 23.8 Å². The molecule has 1 aromatic rings. The molecule has 0 amide bonds. The quantitative estimate of drug-likeness (QED) is 0.353. The molecule has 0 aliphatic rings. The maximum absolute atomic E-state index is 5.62. The van der Waals surface area contributed by atoms with Gasteiger partial charge < -0.3 is 19.7 Å². The molecular weight excluding hydrogens is 417 g/mol. The third kappa shape index (κ3) is 7.59. The predicted molar refractivity (Wildman–Crippen MR) is 112 cm³/mol. The van der Waals surface area contributed by atoms with Gasteiger partial charge >= 0.3 is 0 Å². The minimum absolute atomic E-state index is 0. The van der Waals surface area contributed by atoms with Gasteiger partial charge in [-0.15, -0.1) is 24.0 Å². The first-order valence-electron chi connectivity index (χ1n) is 8.45. The third-order valence-electron chi connectivity index (χ3n) is 3.48. The molecule has 0 heterocycles. The standard InChI is InChI=1S/C18H31N3O2.HI/c1-6-9-12-21(4)18(19-7-2)20-14-15-10-11-16(22-5)17(13-15)23-8-3;/h10-11,13H,6-9,12,14H2,1-5H3,(H,19,20);1H. The molecule has 24 heavy (non-hydrogen) atoms. The summed E-state index contributed by atoms with van der Waals surface area (Å²) in [7, 11) is 3.73. The molecule has 6 heteroatoms. The maximum Gasteiger partial charge on any atom is 0.193 e. The number of methoxy groups -OCH3 is 1. The van der Waals surface area contributed by atoms with Gasteiger partial charge in [-0.2, -0.15) is 0 Å². The minimum Gasteiger partial charge on any atom is -0.493 e. The normalized spacial score (nSPS) is 10.8. The molecule has 0 aliphatic carbocycles. The van der Waals surface area contributed by atoms with Crippen LogP contribution in [0.5, 0.6) is 11.5 Å². The van der Waals surface area contributed by atoms with Crippen LogP contribution in [-0.2, 0) is 6.54 Å². The Balaban J connectivity index is 0.00000529. The summed E-state index contributed by atoms with van der Waals surface area (Å²) >= 11 is 0. The van der Waals surface area contributed by atoms with E-state index in [2.05, 4.69) is 31.1 Å². The molecule has 0 fully saturated rings. The van der Waals surface area contributed by atoms with Crippen LogP contribution < -0.4 is 14.8 Å². The predicted octanol–water partition coefficient (Wildman–Crippen LogP) is 3.91. The van der Waals surface area contributed by atoms with E-state index in [0.29, 0.717) is 13.2 Å². The Bertz CT molecular complexity index is 495. The van der Waals surface area contributed by atoms with E-state index in [9.17, 15) is 0 Å². The van der Waals surface area contributed by atoms with Crippen molar-refractivity contribution in [2.75, 3.05) is 33.9 Å². The van der Waals surface area contributed by atoms with Crippen LogP contribution in [0, 0.1) is 0 Å². The van der Waals surface area contributed by atoms with Crippen LogP contribution >= 0.6 is 24.0 Å². The highest BCUT2D eigenvalue weighted by Gasteiger charge is 2.07. The van der Waals surface area contributed by atoms with E-state index in [0.717, 1.165) is 42.5 Å². The van der Waals surface area contributed by atoms with Gasteiger partial charge in [0, 0.05) is 20.1 Å². The van der Waals surface area contributed by atoms with Crippen molar-refractivity contribution in [3.8, 4) is 11.5 Å². The number of nitrogens with one attached hydrogen (secondary N) is 1. The van der Waals surface area contributed by atoms with E-state index in [4.69, 9.17) is 14.5 Å². The third-order valence-corrected chi connectivity index (χ3v) is 3.48. The average molecular weight is 449 g/mol. The first kappa shape index (κ1) is 22.8. The number of aliphatic imine (C=N–C) groups is 1. The number of unbranched alkanes of at least 4 members (excludes halogenated alkanes) is 1. The van der Waals surface area contributed by atoms with Gasteiger partial charge in [-0.05, 0) is 38.0 Å². The zero-order chi connectivity index (χ0) is 17.1. The maximum atomic E-state index is 5.62. The summed E-state index contributed by atoms with van der Waals surface area (Å²) in [5.74, 6) is 2.47. The van der Waals surface area contributed by atoms with Gasteiger partial charge in [-0.1, -0.05) is 19.4 Å². The van der Waals surface area contributed by atoms with E-state index < -0.39 is 0 Å². The van der Waals surface area contributed by atoms with Crippen LogP contribution in [0.25, 0.3) is 0 Å². The summed E-state index contributed by atoms with van der Waals surface area (Å²) < 4.78 is 10.9. The summed E-state index contributed by atoms with van der Waals surface area (Å²) in [6.07, 6.45) is 2.35. The number of rotatable bonds is 9. The second-order valence-corrected chi connectivity index (χ2v) is 5.36. The van der Waals surface area contributed by atoms with Crippen molar-refractivity contribution in [2.24, 2.45) is 4.99 Å². The smallest absolute Gasteiger partial charge is 0.193 e. The zero-order valence-corrected chi connectivity index (χ0v) is 17.9. The van der Waals surface area contributed by atoms with Crippen LogP contribution in [0.2, 0.25) is 0 Å². The highest BCUT2D eigenvalue weighted by Crippen LogP contribution is 2.28. The highest BCUT2D eigenvalue weighted by atomic mass is 127. The Morgan fingerprint density at radius 1 is 1.21 bits per heavy atom. The number of nitrogens with zero attached hydrogens (tertiary/aromatic N) is 2. The Hall–Kier alpha value is -1.18. The number of guanidine groups is 1. The van der Waals surface area contributed by atoms with Crippen LogP contribution in [0.3, 0.4) is 0 Å². The van der Waals surface area contributed by atoms with Crippen molar-refractivity contribution in [1.82, 2.24) is 10.2 Å². The minimum atomic E-state index is 0. The Kier molecular flexibility index (Phi) is 12.5. The summed E-state index contributed by atoms with van der Waals surface area (Å²) in [6, 6.07) is 5.96. The fraction of sp³-hybridized carbons (Fsp3) is 0.611. The molecule has 0 saturated heterocycles. The molecule has 0 radical (unpaired) electrons. The molecule has 1 aromatic carbocycles. The van der Waals surface area contributed by atoms with Gasteiger partial charge in [0.05, 0.1) is 20.3 Å². The fourth-order valence-electron chi connectivity index (χ4n) is 2.22. The summed E-state index contributed by atoms with van der Waals surface area (Å²) in [5.41, 5.74) is 1.11. The molecule has 0 aliphatic heterocycles. The van der Waals surface area contributed by atoms with Crippen molar-refractivity contribution in [3.63, 3.8) is 0 Å². The van der Waals surface area contributed by atoms with Crippen molar-refractivity contribution >= 4 is 29.9 Å². The number of hydrogen-bond acceptors (Lipinski definition) is 3. The molecule has 0 bridgehead atoms. The molecule has 0 aromatic heterocycles. The second kappa shape index (κ2) is 13.1. The lowest BCUT2D eigenvalue weighted by Crippen LogP contribution is -2.39. The monoisotopic (exact) mass is 449 g/mol. The molecule has 138 valence electrons. The first-order chi connectivity index (χ1) is 11.2. The molecule has 1 rings (SSSR count). The molecule has 0 spiro atoms. The molecular formula is C18H32IN3O2. The molecule has 0 saturated carbocycles. The molecule has 5 nitrogen and oxygen atoms in total.